The van der Waals surface area contributed by atoms with Gasteiger partial charge >= 0.3 is 5.97 Å². The SMILES string of the molecule is COC(=O)c1cccnc1NS(=O)(=O)Cc1ccccc1Cl. The molecule has 1 aromatic heterocycles. The molecule has 0 aliphatic carbocycles. The van der Waals surface area contributed by atoms with Crippen LogP contribution in [-0.4, -0.2) is 26.5 Å². The number of nitrogens with one attached hydrogen (secondary N) is 1. The molecule has 0 atom stereocenters. The summed E-state index contributed by atoms with van der Waals surface area (Å²) < 4.78 is 31.3. The highest BCUT2D eigenvalue weighted by molar-refractivity contribution is 7.91. The summed E-state index contributed by atoms with van der Waals surface area (Å²) in [5.41, 5.74) is 0.486. The quantitative estimate of drug-likeness (QED) is 0.845. The average Bonchev–Trinajstić information content (AvgIpc) is 2.49. The molecule has 0 amide bonds. The number of hydrogen-bond acceptors (Lipinski definition) is 5. The molecule has 0 aliphatic rings. The number of methoxy groups -OCH3 is 1. The van der Waals surface area contributed by atoms with Crippen LogP contribution in [0, 0.1) is 0 Å². The van der Waals surface area contributed by atoms with Crippen LogP contribution in [0.5, 0.6) is 0 Å². The van der Waals surface area contributed by atoms with Crippen molar-refractivity contribution in [2.45, 2.75) is 5.75 Å². The Hall–Kier alpha value is -2.12. The minimum atomic E-state index is -3.78. The standard InChI is InChI=1S/C14H13ClN2O4S/c1-21-14(18)11-6-4-8-16-13(11)17-22(19,20)9-10-5-2-3-7-12(10)15/h2-8H,9H2,1H3,(H,16,17). The van der Waals surface area contributed by atoms with Crippen molar-refractivity contribution in [3.8, 4) is 0 Å². The van der Waals surface area contributed by atoms with E-state index < -0.39 is 16.0 Å². The van der Waals surface area contributed by atoms with E-state index in [1.807, 2.05) is 0 Å². The van der Waals surface area contributed by atoms with Gasteiger partial charge in [0.1, 0.15) is 5.56 Å². The van der Waals surface area contributed by atoms with Gasteiger partial charge in [-0.3, -0.25) is 4.72 Å². The van der Waals surface area contributed by atoms with Crippen molar-refractivity contribution < 1.29 is 17.9 Å². The van der Waals surface area contributed by atoms with Crippen LogP contribution in [0.15, 0.2) is 42.6 Å². The molecule has 22 heavy (non-hydrogen) atoms. The molecule has 8 heteroatoms. The number of ether oxygens (including phenoxy) is 1. The maximum atomic E-state index is 12.2. The van der Waals surface area contributed by atoms with Crippen LogP contribution < -0.4 is 4.72 Å². The molecule has 0 saturated heterocycles. The summed E-state index contributed by atoms with van der Waals surface area (Å²) in [5.74, 6) is -1.09. The molecule has 0 spiro atoms. The van der Waals surface area contributed by atoms with Crippen LogP contribution >= 0.6 is 11.6 Å². The molecule has 0 radical (unpaired) electrons. The number of pyridine rings is 1. The molecule has 0 bridgehead atoms. The molecule has 0 saturated carbocycles. The predicted molar refractivity (Wildman–Crippen MR) is 83.3 cm³/mol. The van der Waals surface area contributed by atoms with E-state index >= 15 is 0 Å². The van der Waals surface area contributed by atoms with Gasteiger partial charge in [0.05, 0.1) is 12.9 Å². The molecule has 1 heterocycles. The molecule has 0 aliphatic heterocycles. The van der Waals surface area contributed by atoms with Gasteiger partial charge in [-0.05, 0) is 23.8 Å². The molecule has 1 aromatic carbocycles. The summed E-state index contributed by atoms with van der Waals surface area (Å²) in [5, 5.41) is 0.349. The zero-order chi connectivity index (χ0) is 16.2. The lowest BCUT2D eigenvalue weighted by Gasteiger charge is -2.11. The van der Waals surface area contributed by atoms with Crippen molar-refractivity contribution in [1.82, 2.24) is 4.98 Å². The van der Waals surface area contributed by atoms with E-state index in [0.717, 1.165) is 0 Å². The van der Waals surface area contributed by atoms with Gasteiger partial charge in [-0.25, -0.2) is 18.2 Å². The monoisotopic (exact) mass is 340 g/mol. The lowest BCUT2D eigenvalue weighted by molar-refractivity contribution is 0.0601. The van der Waals surface area contributed by atoms with Gasteiger partial charge in [0.25, 0.3) is 0 Å². The van der Waals surface area contributed by atoms with E-state index in [4.69, 9.17) is 11.6 Å². The first-order valence-electron chi connectivity index (χ1n) is 6.20. The van der Waals surface area contributed by atoms with Crippen molar-refractivity contribution in [3.05, 3.63) is 58.7 Å². The topological polar surface area (TPSA) is 85.4 Å². The van der Waals surface area contributed by atoms with Crippen LogP contribution in [0.25, 0.3) is 0 Å². The first kappa shape index (κ1) is 16.3. The van der Waals surface area contributed by atoms with E-state index in [1.54, 1.807) is 24.3 Å². The number of hydrogen-bond donors (Lipinski definition) is 1. The third-order valence-electron chi connectivity index (χ3n) is 2.77. The second kappa shape index (κ2) is 6.76. The summed E-state index contributed by atoms with van der Waals surface area (Å²) >= 11 is 5.96. The Bertz CT molecular complexity index is 793. The molecule has 0 fully saturated rings. The molecular formula is C14H13ClN2O4S. The molecule has 2 rings (SSSR count). The first-order chi connectivity index (χ1) is 10.4. The van der Waals surface area contributed by atoms with Crippen LogP contribution in [0.3, 0.4) is 0 Å². The van der Waals surface area contributed by atoms with Crippen molar-refractivity contribution in [1.29, 1.82) is 0 Å². The Morgan fingerprint density at radius 1 is 1.27 bits per heavy atom. The van der Waals surface area contributed by atoms with Gasteiger partial charge in [-0.15, -0.1) is 0 Å². The van der Waals surface area contributed by atoms with Gasteiger partial charge in [-0.1, -0.05) is 29.8 Å². The van der Waals surface area contributed by atoms with E-state index in [9.17, 15) is 13.2 Å². The molecule has 116 valence electrons. The van der Waals surface area contributed by atoms with Crippen molar-refractivity contribution in [2.24, 2.45) is 0 Å². The number of nitrogens with zero attached hydrogens (tertiary/aromatic N) is 1. The van der Waals surface area contributed by atoms with Crippen LogP contribution in [0.1, 0.15) is 15.9 Å². The maximum absolute atomic E-state index is 12.2. The lowest BCUT2D eigenvalue weighted by Crippen LogP contribution is -2.18. The minimum absolute atomic E-state index is 0.0349. The Morgan fingerprint density at radius 3 is 2.68 bits per heavy atom. The van der Waals surface area contributed by atoms with E-state index in [2.05, 4.69) is 14.4 Å². The summed E-state index contributed by atoms with van der Waals surface area (Å²) in [6, 6.07) is 9.55. The Kier molecular flexibility index (Phi) is 4.99. The predicted octanol–water partition coefficient (Wildman–Crippen LogP) is 2.46. The van der Waals surface area contributed by atoms with Crippen LogP contribution in [0.4, 0.5) is 5.82 Å². The fourth-order valence-electron chi connectivity index (χ4n) is 1.76. The van der Waals surface area contributed by atoms with Crippen molar-refractivity contribution >= 4 is 33.4 Å². The zero-order valence-corrected chi connectivity index (χ0v) is 13.2. The third-order valence-corrected chi connectivity index (χ3v) is 4.33. The number of carbonyl (C=O) groups is 1. The second-order valence-electron chi connectivity index (χ2n) is 4.34. The number of esters is 1. The first-order valence-corrected chi connectivity index (χ1v) is 8.23. The van der Waals surface area contributed by atoms with Gasteiger partial charge in [0, 0.05) is 11.2 Å². The minimum Gasteiger partial charge on any atom is -0.465 e. The normalized spacial score (nSPS) is 11.0. The number of anilines is 1. The Balaban J connectivity index is 2.27. The maximum Gasteiger partial charge on any atom is 0.341 e. The Morgan fingerprint density at radius 2 is 2.00 bits per heavy atom. The molecule has 1 N–H and O–H groups in total. The zero-order valence-electron chi connectivity index (χ0n) is 11.6. The number of sulfonamides is 1. The fourth-order valence-corrected chi connectivity index (χ4v) is 3.24. The molecule has 2 aromatic rings. The van der Waals surface area contributed by atoms with E-state index in [0.29, 0.717) is 10.6 Å². The van der Waals surface area contributed by atoms with Gasteiger partial charge in [0.15, 0.2) is 5.82 Å². The second-order valence-corrected chi connectivity index (χ2v) is 6.47. The van der Waals surface area contributed by atoms with Crippen LogP contribution in [0.2, 0.25) is 5.02 Å². The van der Waals surface area contributed by atoms with E-state index in [-0.39, 0.29) is 17.1 Å². The van der Waals surface area contributed by atoms with Crippen LogP contribution in [-0.2, 0) is 20.5 Å². The van der Waals surface area contributed by atoms with Crippen molar-refractivity contribution in [3.63, 3.8) is 0 Å². The molecule has 0 unspecified atom stereocenters. The highest BCUT2D eigenvalue weighted by Crippen LogP contribution is 2.20. The summed E-state index contributed by atoms with van der Waals surface area (Å²) in [4.78, 5) is 15.5. The number of carbonyl (C=O) groups excluding carboxylic acids is 1. The lowest BCUT2D eigenvalue weighted by atomic mass is 10.2. The summed E-state index contributed by atoms with van der Waals surface area (Å²) in [6.45, 7) is 0. The number of aromatic nitrogens is 1. The summed E-state index contributed by atoms with van der Waals surface area (Å²) in [6.07, 6.45) is 1.37. The smallest absolute Gasteiger partial charge is 0.341 e. The van der Waals surface area contributed by atoms with Gasteiger partial charge in [0.2, 0.25) is 10.0 Å². The highest BCUT2D eigenvalue weighted by atomic mass is 35.5. The van der Waals surface area contributed by atoms with Gasteiger partial charge < -0.3 is 4.74 Å². The van der Waals surface area contributed by atoms with Gasteiger partial charge in [-0.2, -0.15) is 0 Å². The van der Waals surface area contributed by atoms with Crippen molar-refractivity contribution in [2.75, 3.05) is 11.8 Å². The molecule has 6 nitrogen and oxygen atoms in total. The third kappa shape index (κ3) is 3.96. The number of halogens is 1. The highest BCUT2D eigenvalue weighted by Gasteiger charge is 2.19. The average molecular weight is 341 g/mol. The molecular weight excluding hydrogens is 328 g/mol. The van der Waals surface area contributed by atoms with E-state index in [1.165, 1.54) is 25.4 Å². The fraction of sp³-hybridized carbons (Fsp3) is 0.143. The largest absolute Gasteiger partial charge is 0.465 e. The number of benzene rings is 1. The number of rotatable bonds is 5. The summed E-state index contributed by atoms with van der Waals surface area (Å²) in [7, 11) is -2.57. The Labute approximate surface area is 133 Å².